The van der Waals surface area contributed by atoms with E-state index in [1.165, 1.54) is 24.4 Å². The van der Waals surface area contributed by atoms with Gasteiger partial charge in [0.05, 0.1) is 12.1 Å². The number of nitrogens with one attached hydrogen (secondary N) is 1. The molecule has 1 atom stereocenters. The molecule has 0 spiro atoms. The van der Waals surface area contributed by atoms with E-state index in [4.69, 9.17) is 0 Å². The summed E-state index contributed by atoms with van der Waals surface area (Å²) < 4.78 is 45.2. The molecule has 1 unspecified atom stereocenters. The molecule has 0 saturated heterocycles. The second-order valence-corrected chi connectivity index (χ2v) is 11.7. The van der Waals surface area contributed by atoms with Crippen molar-refractivity contribution in [1.82, 2.24) is 24.4 Å². The normalized spacial score (nSPS) is 14.0. The van der Waals surface area contributed by atoms with Gasteiger partial charge in [-0.3, -0.25) is 9.48 Å². The minimum absolute atomic E-state index is 0.0879. The fourth-order valence-corrected chi connectivity index (χ4v) is 5.78. The summed E-state index contributed by atoms with van der Waals surface area (Å²) in [6, 6.07) is 7.79. The maximum Gasteiger partial charge on any atom is 0.283 e. The van der Waals surface area contributed by atoms with E-state index in [0.29, 0.717) is 46.4 Å². The summed E-state index contributed by atoms with van der Waals surface area (Å²) in [6.07, 6.45) is 3.05. The van der Waals surface area contributed by atoms with Gasteiger partial charge in [-0.15, -0.1) is 0 Å². The van der Waals surface area contributed by atoms with Crippen LogP contribution in [0.3, 0.4) is 0 Å². The van der Waals surface area contributed by atoms with Gasteiger partial charge in [0.2, 0.25) is 5.91 Å². The van der Waals surface area contributed by atoms with Crippen LogP contribution in [0.1, 0.15) is 67.4 Å². The Balaban J connectivity index is 1.69. The largest absolute Gasteiger partial charge is 0.301 e. The summed E-state index contributed by atoms with van der Waals surface area (Å²) in [5.41, 5.74) is 3.67. The molecule has 9 nitrogen and oxygen atoms in total. The first-order valence-corrected chi connectivity index (χ1v) is 13.9. The second-order valence-electron chi connectivity index (χ2n) is 10.0. The Labute approximate surface area is 222 Å². The first-order valence-electron chi connectivity index (χ1n) is 12.4. The molecule has 0 bridgehead atoms. The van der Waals surface area contributed by atoms with Gasteiger partial charge in [0.25, 0.3) is 10.0 Å². The van der Waals surface area contributed by atoms with Crippen molar-refractivity contribution in [2.75, 3.05) is 14.1 Å². The smallest absolute Gasteiger partial charge is 0.283 e. The lowest BCUT2D eigenvalue weighted by molar-refractivity contribution is -0.118. The summed E-state index contributed by atoms with van der Waals surface area (Å²) >= 11 is 0. The summed E-state index contributed by atoms with van der Waals surface area (Å²) in [5.74, 6) is -1.12. The highest BCUT2D eigenvalue weighted by molar-refractivity contribution is 7.90. The number of hydrogen-bond donors (Lipinski definition) is 1. The lowest BCUT2D eigenvalue weighted by atomic mass is 9.90. The maximum absolute atomic E-state index is 15.0. The van der Waals surface area contributed by atoms with Gasteiger partial charge in [-0.1, -0.05) is 0 Å². The number of rotatable bonds is 8. The highest BCUT2D eigenvalue weighted by Gasteiger charge is 2.29. The molecule has 11 heteroatoms. The molecule has 1 aliphatic carbocycles. The van der Waals surface area contributed by atoms with Crippen molar-refractivity contribution in [2.24, 2.45) is 0 Å². The first kappa shape index (κ1) is 27.4. The van der Waals surface area contributed by atoms with Gasteiger partial charge >= 0.3 is 0 Å². The van der Waals surface area contributed by atoms with Crippen LogP contribution < -0.4 is 4.72 Å². The molecule has 2 aromatic heterocycles. The number of hydrogen-bond acceptors (Lipinski definition) is 7. The Kier molecular flexibility index (Phi) is 7.67. The van der Waals surface area contributed by atoms with Crippen LogP contribution in [-0.2, 0) is 34.1 Å². The van der Waals surface area contributed by atoms with Crippen LogP contribution in [0.2, 0.25) is 0 Å². The molecule has 1 N–H and O–H groups in total. The highest BCUT2D eigenvalue weighted by Crippen LogP contribution is 2.36. The van der Waals surface area contributed by atoms with Crippen LogP contribution in [0.25, 0.3) is 11.1 Å². The van der Waals surface area contributed by atoms with Crippen molar-refractivity contribution in [3.8, 4) is 17.2 Å². The zero-order valence-corrected chi connectivity index (χ0v) is 22.9. The van der Waals surface area contributed by atoms with E-state index in [0.717, 1.165) is 6.42 Å². The number of amides is 1. The number of nitriles is 1. The minimum Gasteiger partial charge on any atom is -0.301 e. The number of sulfonamides is 1. The first-order chi connectivity index (χ1) is 17.9. The van der Waals surface area contributed by atoms with Crippen molar-refractivity contribution < 1.29 is 17.6 Å². The Morgan fingerprint density at radius 2 is 1.92 bits per heavy atom. The fourth-order valence-electron chi connectivity index (χ4n) is 4.83. The number of halogens is 1. The fraction of sp³-hybridized carbons (Fsp3) is 0.407. The Bertz CT molecular complexity index is 1540. The molecule has 200 valence electrons. The molecule has 4 rings (SSSR count). The van der Waals surface area contributed by atoms with Gasteiger partial charge in [0.1, 0.15) is 17.6 Å². The van der Waals surface area contributed by atoms with Crippen LogP contribution in [0.4, 0.5) is 4.39 Å². The van der Waals surface area contributed by atoms with Crippen LogP contribution in [0.15, 0.2) is 35.5 Å². The minimum atomic E-state index is -4.26. The molecule has 38 heavy (non-hydrogen) atoms. The third kappa shape index (κ3) is 5.33. The van der Waals surface area contributed by atoms with Crippen LogP contribution in [-0.4, -0.2) is 48.1 Å². The predicted octanol–water partition coefficient (Wildman–Crippen LogP) is 3.70. The molecular weight excluding hydrogens is 507 g/mol. The summed E-state index contributed by atoms with van der Waals surface area (Å²) in [5, 5.41) is 13.3. The average molecular weight is 539 g/mol. The molecule has 0 radical (unpaired) electrons. The van der Waals surface area contributed by atoms with Gasteiger partial charge in [0, 0.05) is 24.3 Å². The van der Waals surface area contributed by atoms with E-state index in [-0.39, 0.29) is 35.0 Å². The lowest BCUT2D eigenvalue weighted by Gasteiger charge is -2.22. The molecule has 0 saturated carbocycles. The van der Waals surface area contributed by atoms with Gasteiger partial charge in [-0.2, -0.15) is 18.8 Å². The van der Waals surface area contributed by atoms with Gasteiger partial charge in [-0.05, 0) is 100 Å². The Morgan fingerprint density at radius 3 is 2.58 bits per heavy atom. The van der Waals surface area contributed by atoms with Gasteiger partial charge in [0.15, 0.2) is 5.03 Å². The van der Waals surface area contributed by atoms with Gasteiger partial charge < -0.3 is 4.90 Å². The molecule has 0 fully saturated rings. The Morgan fingerprint density at radius 1 is 1.21 bits per heavy atom. The molecule has 0 aliphatic heterocycles. The maximum atomic E-state index is 15.0. The van der Waals surface area contributed by atoms with Crippen molar-refractivity contribution in [3.63, 3.8) is 0 Å². The summed E-state index contributed by atoms with van der Waals surface area (Å²) in [4.78, 5) is 19.1. The van der Waals surface area contributed by atoms with Crippen LogP contribution in [0.5, 0.6) is 0 Å². The summed E-state index contributed by atoms with van der Waals surface area (Å²) in [7, 11) is -0.485. The van der Waals surface area contributed by atoms with E-state index in [2.05, 4.69) is 14.8 Å². The quantitative estimate of drug-likeness (QED) is 0.464. The van der Waals surface area contributed by atoms with Crippen molar-refractivity contribution >= 4 is 15.9 Å². The summed E-state index contributed by atoms with van der Waals surface area (Å²) in [6.45, 7) is 5.75. The third-order valence-electron chi connectivity index (χ3n) is 6.95. The highest BCUT2D eigenvalue weighted by atomic mass is 32.2. The number of pyridine rings is 1. The number of aromatic nitrogens is 3. The molecular formula is C27H31FN6O3S. The monoisotopic (exact) mass is 538 g/mol. The average Bonchev–Trinajstić information content (AvgIpc) is 3.54. The molecule has 1 aromatic carbocycles. The van der Waals surface area contributed by atoms with Gasteiger partial charge in [-0.25, -0.2) is 14.1 Å². The zero-order valence-electron chi connectivity index (χ0n) is 22.1. The van der Waals surface area contributed by atoms with E-state index in [1.807, 2.05) is 45.8 Å². The Hall–Kier alpha value is -3.62. The standard InChI is InChI=1S/C27H31FN6O3S/c1-16(2)34-25(17(3)33(4)5)14-27(31-34)38(36,37)32-26(35)13-23-20-7-6-8-21(20)24(28)12-22(23)18-9-10-30-19(11-18)15-29/h9-12,14,16-17H,6-8,13H2,1-5H3,(H,32,35). The van der Waals surface area contributed by atoms with Crippen molar-refractivity contribution in [3.05, 3.63) is 64.4 Å². The van der Waals surface area contributed by atoms with Crippen LogP contribution in [0, 0.1) is 17.1 Å². The number of benzene rings is 1. The third-order valence-corrected chi connectivity index (χ3v) is 8.19. The molecule has 3 aromatic rings. The van der Waals surface area contributed by atoms with E-state index < -0.39 is 15.9 Å². The van der Waals surface area contributed by atoms with E-state index >= 15 is 0 Å². The SMILES string of the molecule is CC(c1cc(S(=O)(=O)NC(=O)Cc2c(-c3ccnc(C#N)c3)cc(F)c3c2CCC3)nn1C(C)C)N(C)C. The second kappa shape index (κ2) is 10.6. The topological polar surface area (TPSA) is 121 Å². The number of nitrogens with zero attached hydrogens (tertiary/aromatic N) is 5. The van der Waals surface area contributed by atoms with Crippen LogP contribution >= 0.6 is 0 Å². The molecule has 2 heterocycles. The molecule has 1 amide bonds. The molecule has 1 aliphatic rings. The lowest BCUT2D eigenvalue weighted by Crippen LogP contribution is -2.32. The van der Waals surface area contributed by atoms with Crippen molar-refractivity contribution in [2.45, 2.75) is 63.6 Å². The van der Waals surface area contributed by atoms with E-state index in [1.54, 1.807) is 10.7 Å². The number of carbonyl (C=O) groups excluding carboxylic acids is 1. The number of carbonyl (C=O) groups is 1. The zero-order chi connectivity index (χ0) is 27.8. The van der Waals surface area contributed by atoms with E-state index in [9.17, 15) is 22.9 Å². The number of fused-ring (bicyclic) bond motifs is 1. The predicted molar refractivity (Wildman–Crippen MR) is 140 cm³/mol. The van der Waals surface area contributed by atoms with Crippen molar-refractivity contribution in [1.29, 1.82) is 5.26 Å².